The van der Waals surface area contributed by atoms with Crippen molar-refractivity contribution in [3.05, 3.63) is 0 Å². The van der Waals surface area contributed by atoms with E-state index in [1.54, 1.807) is 0 Å². The molecule has 0 aliphatic carbocycles. The number of hydrogen-bond acceptors (Lipinski definition) is 2. The maximum atomic E-state index is 12.9. The number of rotatable bonds is 2. The highest BCUT2D eigenvalue weighted by molar-refractivity contribution is 4.78. The summed E-state index contributed by atoms with van der Waals surface area (Å²) in [5.41, 5.74) is 0.222. The topological polar surface area (TPSA) is 15.3 Å². The third kappa shape index (κ3) is 4.33. The fourth-order valence-corrected chi connectivity index (χ4v) is 1.50. The van der Waals surface area contributed by atoms with Crippen LogP contribution in [-0.2, 0) is 0 Å². The average Bonchev–Trinajstić information content (AvgIpc) is 1.98. The zero-order valence-electron chi connectivity index (χ0n) is 9.24. The summed E-state index contributed by atoms with van der Waals surface area (Å²) in [6.07, 6.45) is 0.961. The Morgan fingerprint density at radius 3 is 2.50 bits per heavy atom. The Bertz CT molecular complexity index is 187. The van der Waals surface area contributed by atoms with E-state index in [4.69, 9.17) is 0 Å². The molecule has 0 spiro atoms. The molecule has 2 nitrogen and oxygen atoms in total. The second-order valence-corrected chi connectivity index (χ2v) is 5.22. The van der Waals surface area contributed by atoms with E-state index in [-0.39, 0.29) is 12.0 Å². The number of nitrogens with zero attached hydrogens (tertiary/aromatic N) is 1. The molecule has 0 saturated carbocycles. The summed E-state index contributed by atoms with van der Waals surface area (Å²) in [5.74, 6) is 0. The van der Waals surface area contributed by atoms with Gasteiger partial charge in [-0.3, -0.25) is 10.2 Å². The van der Waals surface area contributed by atoms with Gasteiger partial charge < -0.3 is 0 Å². The number of hydrogen-bond donors (Lipinski definition) is 1. The molecule has 84 valence electrons. The first-order valence-corrected chi connectivity index (χ1v) is 5.14. The summed E-state index contributed by atoms with van der Waals surface area (Å²) in [5, 5.41) is 2.21. The van der Waals surface area contributed by atoms with Crippen LogP contribution in [0.5, 0.6) is 0 Å². The highest BCUT2D eigenvalue weighted by Crippen LogP contribution is 2.21. The van der Waals surface area contributed by atoms with Gasteiger partial charge in [0.05, 0.1) is 6.54 Å². The third-order valence-electron chi connectivity index (χ3n) is 2.41. The van der Waals surface area contributed by atoms with Crippen LogP contribution in [0.2, 0.25) is 0 Å². The molecule has 0 atom stereocenters. The van der Waals surface area contributed by atoms with Crippen LogP contribution in [0, 0.1) is 5.41 Å². The lowest BCUT2D eigenvalue weighted by molar-refractivity contribution is -0.0850. The Labute approximate surface area is 84.7 Å². The van der Waals surface area contributed by atoms with Crippen molar-refractivity contribution in [2.75, 3.05) is 26.2 Å². The molecule has 0 aromatic rings. The molecule has 1 fully saturated rings. The lowest BCUT2D eigenvalue weighted by atomic mass is 9.92. The van der Waals surface area contributed by atoms with Gasteiger partial charge in [0.15, 0.2) is 0 Å². The van der Waals surface area contributed by atoms with Crippen LogP contribution in [0.1, 0.15) is 27.2 Å². The predicted octanol–water partition coefficient (Wildman–Crippen LogP) is 1.92. The van der Waals surface area contributed by atoms with Crippen molar-refractivity contribution < 1.29 is 8.78 Å². The van der Waals surface area contributed by atoms with Gasteiger partial charge >= 0.3 is 6.05 Å². The zero-order chi connectivity index (χ0) is 10.8. The average molecular weight is 206 g/mol. The molecular weight excluding hydrogens is 186 g/mol. The van der Waals surface area contributed by atoms with E-state index in [1.165, 1.54) is 0 Å². The Morgan fingerprint density at radius 1 is 1.36 bits per heavy atom. The molecule has 1 aliphatic heterocycles. The molecule has 0 aromatic carbocycles. The van der Waals surface area contributed by atoms with E-state index in [0.29, 0.717) is 6.54 Å². The number of alkyl halides is 2. The Morgan fingerprint density at radius 2 is 2.00 bits per heavy atom. The monoisotopic (exact) mass is 206 g/mol. The minimum absolute atomic E-state index is 0.150. The highest BCUT2D eigenvalue weighted by atomic mass is 19.3. The lowest BCUT2D eigenvalue weighted by Crippen LogP contribution is -2.55. The molecule has 0 radical (unpaired) electrons. The van der Waals surface area contributed by atoms with Crippen LogP contribution >= 0.6 is 0 Å². The first-order valence-electron chi connectivity index (χ1n) is 5.14. The van der Waals surface area contributed by atoms with Crippen LogP contribution in [-0.4, -0.2) is 37.1 Å². The van der Waals surface area contributed by atoms with Gasteiger partial charge in [-0.1, -0.05) is 20.8 Å². The summed E-state index contributed by atoms with van der Waals surface area (Å²) in [6.45, 7) is 8.13. The minimum Gasteiger partial charge on any atom is -0.295 e. The maximum Gasteiger partial charge on any atom is 0.315 e. The van der Waals surface area contributed by atoms with Crippen molar-refractivity contribution in [2.45, 2.75) is 33.2 Å². The van der Waals surface area contributed by atoms with Crippen molar-refractivity contribution in [1.82, 2.24) is 10.2 Å². The second kappa shape index (κ2) is 4.11. The van der Waals surface area contributed by atoms with Gasteiger partial charge in [0.2, 0.25) is 0 Å². The second-order valence-electron chi connectivity index (χ2n) is 5.22. The SMILES string of the molecule is CC(C)(C)CCN1CCNC(F)(F)C1. The lowest BCUT2D eigenvalue weighted by Gasteiger charge is -2.34. The van der Waals surface area contributed by atoms with E-state index in [2.05, 4.69) is 26.1 Å². The van der Waals surface area contributed by atoms with E-state index in [9.17, 15) is 8.78 Å². The van der Waals surface area contributed by atoms with E-state index in [1.807, 2.05) is 4.90 Å². The number of nitrogens with one attached hydrogen (secondary N) is 1. The molecule has 4 heteroatoms. The van der Waals surface area contributed by atoms with Crippen molar-refractivity contribution in [3.8, 4) is 0 Å². The Balaban J connectivity index is 2.32. The van der Waals surface area contributed by atoms with Crippen LogP contribution < -0.4 is 5.32 Å². The van der Waals surface area contributed by atoms with E-state index < -0.39 is 6.05 Å². The summed E-state index contributed by atoms with van der Waals surface area (Å²) in [4.78, 5) is 1.84. The minimum atomic E-state index is -2.70. The van der Waals surface area contributed by atoms with Crippen molar-refractivity contribution in [2.24, 2.45) is 5.41 Å². The quantitative estimate of drug-likeness (QED) is 0.694. The first-order chi connectivity index (χ1) is 6.29. The molecule has 1 N–H and O–H groups in total. The summed E-state index contributed by atoms with van der Waals surface area (Å²) in [6, 6.07) is -2.70. The fourth-order valence-electron chi connectivity index (χ4n) is 1.50. The Kier molecular flexibility index (Phi) is 3.48. The van der Waals surface area contributed by atoms with Gasteiger partial charge in [0.25, 0.3) is 0 Å². The maximum absolute atomic E-state index is 12.9. The molecule has 1 heterocycles. The van der Waals surface area contributed by atoms with Gasteiger partial charge in [0.1, 0.15) is 0 Å². The molecule has 14 heavy (non-hydrogen) atoms. The fraction of sp³-hybridized carbons (Fsp3) is 1.00. The van der Waals surface area contributed by atoms with Crippen LogP contribution in [0.25, 0.3) is 0 Å². The standard InChI is InChI=1S/C10H20F2N2/c1-9(2,3)4-6-14-7-5-13-10(11,12)8-14/h13H,4-8H2,1-3H3. The molecule has 0 aromatic heterocycles. The van der Waals surface area contributed by atoms with Gasteiger partial charge in [-0.25, -0.2) is 0 Å². The molecule has 0 bridgehead atoms. The Hall–Kier alpha value is -0.220. The predicted molar refractivity (Wildman–Crippen MR) is 53.5 cm³/mol. The normalized spacial score (nSPS) is 23.8. The summed E-state index contributed by atoms with van der Waals surface area (Å²) >= 11 is 0. The molecule has 0 amide bonds. The molecular formula is C10H20F2N2. The number of halogens is 2. The smallest absolute Gasteiger partial charge is 0.295 e. The summed E-state index contributed by atoms with van der Waals surface area (Å²) in [7, 11) is 0. The van der Waals surface area contributed by atoms with E-state index >= 15 is 0 Å². The number of piperazine rings is 1. The zero-order valence-corrected chi connectivity index (χ0v) is 9.24. The first kappa shape index (κ1) is 11.9. The van der Waals surface area contributed by atoms with Gasteiger partial charge in [-0.2, -0.15) is 8.78 Å². The third-order valence-corrected chi connectivity index (χ3v) is 2.41. The van der Waals surface area contributed by atoms with Crippen LogP contribution in [0.15, 0.2) is 0 Å². The van der Waals surface area contributed by atoms with Gasteiger partial charge in [-0.05, 0) is 18.4 Å². The van der Waals surface area contributed by atoms with Crippen molar-refractivity contribution in [1.29, 1.82) is 0 Å². The largest absolute Gasteiger partial charge is 0.315 e. The van der Waals surface area contributed by atoms with Crippen molar-refractivity contribution >= 4 is 0 Å². The molecule has 1 saturated heterocycles. The van der Waals surface area contributed by atoms with Crippen LogP contribution in [0.4, 0.5) is 8.78 Å². The van der Waals surface area contributed by atoms with Crippen molar-refractivity contribution in [3.63, 3.8) is 0 Å². The molecule has 1 rings (SSSR count). The van der Waals surface area contributed by atoms with Gasteiger partial charge in [-0.15, -0.1) is 0 Å². The molecule has 0 unspecified atom stereocenters. The van der Waals surface area contributed by atoms with E-state index in [0.717, 1.165) is 19.5 Å². The molecule has 1 aliphatic rings. The highest BCUT2D eigenvalue weighted by Gasteiger charge is 2.34. The van der Waals surface area contributed by atoms with Crippen LogP contribution in [0.3, 0.4) is 0 Å². The van der Waals surface area contributed by atoms with Gasteiger partial charge in [0, 0.05) is 13.1 Å². The summed E-state index contributed by atoms with van der Waals surface area (Å²) < 4.78 is 25.8.